The first-order chi connectivity index (χ1) is 9.27. The molecule has 0 radical (unpaired) electrons. The highest BCUT2D eigenvalue weighted by molar-refractivity contribution is 7.80. The molecule has 0 aromatic heterocycles. The molecule has 0 heterocycles. The predicted octanol–water partition coefficient (Wildman–Crippen LogP) is 2.20. The average molecular weight is 282 g/mol. The lowest BCUT2D eigenvalue weighted by Crippen LogP contribution is -2.30. The van der Waals surface area contributed by atoms with Crippen LogP contribution in [0.3, 0.4) is 0 Å². The van der Waals surface area contributed by atoms with Gasteiger partial charge < -0.3 is 20.1 Å². The van der Waals surface area contributed by atoms with E-state index in [1.54, 1.807) is 14.2 Å². The third kappa shape index (κ3) is 6.52. The van der Waals surface area contributed by atoms with E-state index in [1.807, 2.05) is 18.2 Å². The summed E-state index contributed by atoms with van der Waals surface area (Å²) in [6.45, 7) is 2.24. The molecule has 0 bridgehead atoms. The third-order valence-corrected chi connectivity index (χ3v) is 2.90. The van der Waals surface area contributed by atoms with E-state index >= 15 is 0 Å². The standard InChI is InChI=1S/C14H22N2O2S/c1-17-10-5-9-15-14(19)16-13-7-4-3-6-12(13)8-11-18-2/h3-4,6-7H,5,8-11H2,1-2H3,(H2,15,16,19). The van der Waals surface area contributed by atoms with Crippen molar-refractivity contribution in [1.82, 2.24) is 5.32 Å². The van der Waals surface area contributed by atoms with E-state index in [1.165, 1.54) is 5.56 Å². The van der Waals surface area contributed by atoms with Gasteiger partial charge in [-0.1, -0.05) is 18.2 Å². The minimum Gasteiger partial charge on any atom is -0.385 e. The Morgan fingerprint density at radius 1 is 1.16 bits per heavy atom. The van der Waals surface area contributed by atoms with Crippen molar-refractivity contribution in [1.29, 1.82) is 0 Å². The van der Waals surface area contributed by atoms with Gasteiger partial charge in [0.1, 0.15) is 0 Å². The molecule has 4 nitrogen and oxygen atoms in total. The zero-order valence-electron chi connectivity index (χ0n) is 11.6. The van der Waals surface area contributed by atoms with E-state index in [0.717, 1.165) is 31.7 Å². The third-order valence-electron chi connectivity index (χ3n) is 2.65. The minimum absolute atomic E-state index is 0.640. The summed E-state index contributed by atoms with van der Waals surface area (Å²) in [7, 11) is 3.40. The minimum atomic E-state index is 0.640. The Morgan fingerprint density at radius 2 is 1.89 bits per heavy atom. The van der Waals surface area contributed by atoms with Crippen molar-refractivity contribution in [2.45, 2.75) is 12.8 Å². The van der Waals surface area contributed by atoms with Gasteiger partial charge in [-0.15, -0.1) is 0 Å². The number of thiocarbonyl (C=S) groups is 1. The van der Waals surface area contributed by atoms with Crippen LogP contribution in [0.4, 0.5) is 5.69 Å². The number of nitrogens with one attached hydrogen (secondary N) is 2. The van der Waals surface area contributed by atoms with Crippen LogP contribution in [-0.2, 0) is 15.9 Å². The van der Waals surface area contributed by atoms with Gasteiger partial charge in [0.25, 0.3) is 0 Å². The molecule has 19 heavy (non-hydrogen) atoms. The van der Waals surface area contributed by atoms with Gasteiger partial charge >= 0.3 is 0 Å². The molecule has 106 valence electrons. The van der Waals surface area contributed by atoms with Gasteiger partial charge in [0.15, 0.2) is 5.11 Å². The number of ether oxygens (including phenoxy) is 2. The fourth-order valence-corrected chi connectivity index (χ4v) is 1.87. The summed E-state index contributed by atoms with van der Waals surface area (Å²) in [6, 6.07) is 8.11. The Balaban J connectivity index is 2.44. The first kappa shape index (κ1) is 15.9. The lowest BCUT2D eigenvalue weighted by molar-refractivity contribution is 0.196. The summed E-state index contributed by atoms with van der Waals surface area (Å²) in [5.74, 6) is 0. The van der Waals surface area contributed by atoms with Crippen LogP contribution < -0.4 is 10.6 Å². The summed E-state index contributed by atoms with van der Waals surface area (Å²) in [4.78, 5) is 0. The maximum Gasteiger partial charge on any atom is 0.170 e. The lowest BCUT2D eigenvalue weighted by atomic mass is 10.1. The van der Waals surface area contributed by atoms with Crippen molar-refractivity contribution in [2.24, 2.45) is 0 Å². The molecule has 0 amide bonds. The second-order valence-corrected chi connectivity index (χ2v) is 4.54. The van der Waals surface area contributed by atoms with Crippen molar-refractivity contribution in [3.63, 3.8) is 0 Å². The van der Waals surface area contributed by atoms with Gasteiger partial charge in [0.2, 0.25) is 0 Å². The summed E-state index contributed by atoms with van der Waals surface area (Å²) in [5.41, 5.74) is 2.23. The molecule has 1 aromatic carbocycles. The normalized spacial score (nSPS) is 10.2. The van der Waals surface area contributed by atoms with Crippen molar-refractivity contribution in [2.75, 3.05) is 39.3 Å². The van der Waals surface area contributed by atoms with Crippen LogP contribution in [0.2, 0.25) is 0 Å². The molecule has 1 rings (SSSR count). The Bertz CT molecular complexity index is 385. The van der Waals surface area contributed by atoms with Crippen LogP contribution in [0.5, 0.6) is 0 Å². The van der Waals surface area contributed by atoms with Gasteiger partial charge in [-0.05, 0) is 36.7 Å². The van der Waals surface area contributed by atoms with Crippen molar-refractivity contribution < 1.29 is 9.47 Å². The first-order valence-corrected chi connectivity index (χ1v) is 6.79. The summed E-state index contributed by atoms with van der Waals surface area (Å²) < 4.78 is 10.1. The molecule has 0 unspecified atom stereocenters. The number of hydrogen-bond donors (Lipinski definition) is 2. The number of rotatable bonds is 8. The highest BCUT2D eigenvalue weighted by Gasteiger charge is 2.03. The SMILES string of the molecule is COCCCNC(=S)Nc1ccccc1CCOC. The van der Waals surface area contributed by atoms with Crippen molar-refractivity contribution in [3.8, 4) is 0 Å². The number of benzene rings is 1. The molecule has 0 aliphatic rings. The Hall–Kier alpha value is -1.17. The number of anilines is 1. The maximum atomic E-state index is 5.26. The second-order valence-electron chi connectivity index (χ2n) is 4.13. The number of methoxy groups -OCH3 is 2. The zero-order valence-corrected chi connectivity index (χ0v) is 12.4. The van der Waals surface area contributed by atoms with E-state index in [2.05, 4.69) is 16.7 Å². The van der Waals surface area contributed by atoms with Crippen molar-refractivity contribution in [3.05, 3.63) is 29.8 Å². The van der Waals surface area contributed by atoms with Crippen LogP contribution in [-0.4, -0.2) is 39.1 Å². The van der Waals surface area contributed by atoms with Gasteiger partial charge in [-0.25, -0.2) is 0 Å². The maximum absolute atomic E-state index is 5.26. The summed E-state index contributed by atoms with van der Waals surface area (Å²) in [6.07, 6.45) is 1.80. The smallest absolute Gasteiger partial charge is 0.170 e. The Morgan fingerprint density at radius 3 is 2.63 bits per heavy atom. The lowest BCUT2D eigenvalue weighted by Gasteiger charge is -2.13. The molecule has 0 saturated carbocycles. The van der Waals surface area contributed by atoms with Crippen LogP contribution >= 0.6 is 12.2 Å². The number of para-hydroxylation sites is 1. The largest absolute Gasteiger partial charge is 0.385 e. The van der Waals surface area contributed by atoms with Crippen LogP contribution in [0.25, 0.3) is 0 Å². The average Bonchev–Trinajstić information content (AvgIpc) is 2.43. The predicted molar refractivity (Wildman–Crippen MR) is 82.7 cm³/mol. The molecule has 0 aliphatic carbocycles. The van der Waals surface area contributed by atoms with E-state index < -0.39 is 0 Å². The first-order valence-electron chi connectivity index (χ1n) is 6.38. The Labute approximate surface area is 120 Å². The van der Waals surface area contributed by atoms with Crippen molar-refractivity contribution >= 4 is 23.0 Å². The molecular weight excluding hydrogens is 260 g/mol. The molecule has 1 aromatic rings. The zero-order chi connectivity index (χ0) is 13.9. The van der Waals surface area contributed by atoms with Gasteiger partial charge in [0.05, 0.1) is 6.61 Å². The van der Waals surface area contributed by atoms with Gasteiger partial charge in [-0.2, -0.15) is 0 Å². The second kappa shape index (κ2) is 9.72. The van der Waals surface area contributed by atoms with E-state index in [-0.39, 0.29) is 0 Å². The van der Waals surface area contributed by atoms with E-state index in [4.69, 9.17) is 21.7 Å². The molecule has 0 aliphatic heterocycles. The molecule has 0 saturated heterocycles. The van der Waals surface area contributed by atoms with Crippen LogP contribution in [0.1, 0.15) is 12.0 Å². The number of hydrogen-bond acceptors (Lipinski definition) is 3. The highest BCUT2D eigenvalue weighted by atomic mass is 32.1. The topological polar surface area (TPSA) is 42.5 Å². The molecule has 0 spiro atoms. The fraction of sp³-hybridized carbons (Fsp3) is 0.500. The van der Waals surface area contributed by atoms with E-state index in [9.17, 15) is 0 Å². The molecule has 0 atom stereocenters. The highest BCUT2D eigenvalue weighted by Crippen LogP contribution is 2.15. The van der Waals surface area contributed by atoms with Gasteiger partial charge in [0, 0.05) is 33.1 Å². The van der Waals surface area contributed by atoms with Gasteiger partial charge in [-0.3, -0.25) is 0 Å². The van der Waals surface area contributed by atoms with E-state index in [0.29, 0.717) is 11.7 Å². The molecule has 5 heteroatoms. The fourth-order valence-electron chi connectivity index (χ4n) is 1.66. The molecule has 2 N–H and O–H groups in total. The molecule has 0 fully saturated rings. The van der Waals surface area contributed by atoms with Crippen LogP contribution in [0.15, 0.2) is 24.3 Å². The summed E-state index contributed by atoms with van der Waals surface area (Å²) >= 11 is 5.26. The summed E-state index contributed by atoms with van der Waals surface area (Å²) in [5, 5.41) is 7.02. The monoisotopic (exact) mass is 282 g/mol. The van der Waals surface area contributed by atoms with Crippen LogP contribution in [0, 0.1) is 0 Å². The quantitative estimate of drug-likeness (QED) is 0.565. The molecular formula is C14H22N2O2S. The Kier molecular flexibility index (Phi) is 8.13.